The van der Waals surface area contributed by atoms with E-state index in [9.17, 15) is 23.9 Å². The van der Waals surface area contributed by atoms with Crippen molar-refractivity contribution in [2.24, 2.45) is 0 Å². The van der Waals surface area contributed by atoms with E-state index < -0.39 is 31.7 Å². The molecule has 2 aromatic carbocycles. The molecule has 4 N–H and O–H groups in total. The molecule has 0 fully saturated rings. The molecule has 0 spiro atoms. The molecule has 1 unspecified atom stereocenters. The van der Waals surface area contributed by atoms with Gasteiger partial charge in [-0.05, 0) is 36.2 Å². The Hall–Kier alpha value is -2.47. The molecule has 0 bridgehead atoms. The van der Waals surface area contributed by atoms with Crippen molar-refractivity contribution in [2.75, 3.05) is 6.16 Å². The Labute approximate surface area is 144 Å². The number of hydrogen-bond acceptors (Lipinski definition) is 3. The molecule has 1 amide bonds. The van der Waals surface area contributed by atoms with Crippen LogP contribution in [0, 0.1) is 0 Å². The van der Waals surface area contributed by atoms with Crippen LogP contribution in [0.1, 0.15) is 26.3 Å². The van der Waals surface area contributed by atoms with Crippen molar-refractivity contribution in [2.45, 2.75) is 12.5 Å². The van der Waals surface area contributed by atoms with Crippen LogP contribution in [0.25, 0.3) is 0 Å². The van der Waals surface area contributed by atoms with Crippen molar-refractivity contribution in [3.8, 4) is 0 Å². The van der Waals surface area contributed by atoms with E-state index in [4.69, 9.17) is 5.11 Å². The Morgan fingerprint density at radius 2 is 1.52 bits per heavy atom. The zero-order valence-corrected chi connectivity index (χ0v) is 14.1. The summed E-state index contributed by atoms with van der Waals surface area (Å²) < 4.78 is 11.3. The zero-order valence-electron chi connectivity index (χ0n) is 13.2. The van der Waals surface area contributed by atoms with Gasteiger partial charge in [0.05, 0.1) is 11.7 Å². The predicted molar refractivity (Wildman–Crippen MR) is 91.7 cm³/mol. The van der Waals surface area contributed by atoms with Gasteiger partial charge in [0.1, 0.15) is 0 Å². The van der Waals surface area contributed by atoms with Gasteiger partial charge in [-0.15, -0.1) is 0 Å². The molecule has 2 aromatic rings. The van der Waals surface area contributed by atoms with E-state index in [-0.39, 0.29) is 17.5 Å². The van der Waals surface area contributed by atoms with Gasteiger partial charge in [-0.3, -0.25) is 9.36 Å². The Morgan fingerprint density at radius 3 is 2.04 bits per heavy atom. The van der Waals surface area contributed by atoms with Gasteiger partial charge in [0.15, 0.2) is 0 Å². The Bertz CT molecular complexity index is 785. The molecular weight excluding hydrogens is 345 g/mol. The third-order valence-corrected chi connectivity index (χ3v) is 4.43. The van der Waals surface area contributed by atoms with Crippen LogP contribution in [0.3, 0.4) is 0 Å². The minimum Gasteiger partial charge on any atom is -0.478 e. The first-order valence-corrected chi connectivity index (χ1v) is 9.27. The third-order valence-electron chi connectivity index (χ3n) is 3.51. The number of carboxylic acid groups (broad SMARTS) is 1. The van der Waals surface area contributed by atoms with Crippen molar-refractivity contribution in [3.05, 3.63) is 71.3 Å². The monoisotopic (exact) mass is 363 g/mol. The van der Waals surface area contributed by atoms with Crippen LogP contribution < -0.4 is 5.32 Å². The molecule has 0 saturated carbocycles. The number of benzene rings is 2. The molecule has 2 rings (SSSR count). The number of aromatic carboxylic acids is 1. The molecule has 0 aliphatic carbocycles. The SMILES string of the molecule is O=C(O)c1ccc(C(=O)NC(Cc2ccccc2)CP(=O)(O)O)cc1. The van der Waals surface area contributed by atoms with Crippen molar-refractivity contribution in [1.82, 2.24) is 5.32 Å². The lowest BCUT2D eigenvalue weighted by Gasteiger charge is -2.19. The molecule has 0 radical (unpaired) electrons. The maximum atomic E-state index is 12.3. The fraction of sp³-hybridized carbons (Fsp3) is 0.176. The summed E-state index contributed by atoms with van der Waals surface area (Å²) in [5.74, 6) is -1.62. The summed E-state index contributed by atoms with van der Waals surface area (Å²) in [6.45, 7) is 0. The van der Waals surface area contributed by atoms with Crippen molar-refractivity contribution in [3.63, 3.8) is 0 Å². The highest BCUT2D eigenvalue weighted by Crippen LogP contribution is 2.35. The normalized spacial score (nSPS) is 12.4. The molecule has 7 nitrogen and oxygen atoms in total. The Kier molecular flexibility index (Phi) is 6.09. The lowest BCUT2D eigenvalue weighted by molar-refractivity contribution is 0.0696. The van der Waals surface area contributed by atoms with Gasteiger partial charge in [0, 0.05) is 11.6 Å². The first-order chi connectivity index (χ1) is 11.7. The van der Waals surface area contributed by atoms with Crippen LogP contribution in [0.5, 0.6) is 0 Å². The van der Waals surface area contributed by atoms with E-state index in [2.05, 4.69) is 5.32 Å². The van der Waals surface area contributed by atoms with Crippen molar-refractivity contribution < 1.29 is 29.0 Å². The standard InChI is InChI=1S/C17H18NO6P/c19-16(13-6-8-14(9-7-13)17(20)21)18-15(11-25(22,23)24)10-12-4-2-1-3-5-12/h1-9,15H,10-11H2,(H,18,19)(H,20,21)(H2,22,23,24). The van der Waals surface area contributed by atoms with Gasteiger partial charge < -0.3 is 20.2 Å². The highest BCUT2D eigenvalue weighted by atomic mass is 31.2. The van der Waals surface area contributed by atoms with Gasteiger partial charge in [-0.2, -0.15) is 0 Å². The summed E-state index contributed by atoms with van der Waals surface area (Å²) in [6.07, 6.45) is -0.217. The fourth-order valence-corrected chi connectivity index (χ4v) is 3.17. The lowest BCUT2D eigenvalue weighted by Crippen LogP contribution is -2.39. The molecule has 0 heterocycles. The highest BCUT2D eigenvalue weighted by Gasteiger charge is 2.24. The molecule has 1 atom stereocenters. The second kappa shape index (κ2) is 8.07. The number of carbonyl (C=O) groups is 2. The predicted octanol–water partition coefficient (Wildman–Crippen LogP) is 1.90. The number of carboxylic acids is 1. The molecule has 0 aliphatic rings. The largest absolute Gasteiger partial charge is 0.478 e. The molecule has 25 heavy (non-hydrogen) atoms. The number of rotatable bonds is 7. The van der Waals surface area contributed by atoms with Gasteiger partial charge >= 0.3 is 13.6 Å². The average Bonchev–Trinajstić information content (AvgIpc) is 2.54. The second-order valence-corrected chi connectivity index (χ2v) is 7.28. The number of hydrogen-bond donors (Lipinski definition) is 4. The zero-order chi connectivity index (χ0) is 18.4. The second-order valence-electron chi connectivity index (χ2n) is 5.59. The molecule has 8 heteroatoms. The molecular formula is C17H18NO6P. The number of amides is 1. The van der Waals surface area contributed by atoms with Crippen LogP contribution in [-0.4, -0.2) is 39.0 Å². The highest BCUT2D eigenvalue weighted by molar-refractivity contribution is 7.51. The molecule has 0 aliphatic heterocycles. The van der Waals surface area contributed by atoms with E-state index >= 15 is 0 Å². The molecule has 0 aromatic heterocycles. The first-order valence-electron chi connectivity index (χ1n) is 7.47. The molecule has 0 saturated heterocycles. The summed E-state index contributed by atoms with van der Waals surface area (Å²) in [4.78, 5) is 41.6. The maximum Gasteiger partial charge on any atom is 0.335 e. The van der Waals surface area contributed by atoms with Gasteiger partial charge in [0.25, 0.3) is 5.91 Å². The van der Waals surface area contributed by atoms with E-state index in [1.54, 1.807) is 24.3 Å². The third kappa shape index (κ3) is 6.15. The Morgan fingerprint density at radius 1 is 0.960 bits per heavy atom. The van der Waals surface area contributed by atoms with Gasteiger partial charge in [-0.25, -0.2) is 4.79 Å². The van der Waals surface area contributed by atoms with E-state index in [1.165, 1.54) is 24.3 Å². The summed E-state index contributed by atoms with van der Waals surface area (Å²) in [5.41, 5.74) is 1.10. The average molecular weight is 363 g/mol. The van der Waals surface area contributed by atoms with Crippen LogP contribution in [0.2, 0.25) is 0 Å². The topological polar surface area (TPSA) is 124 Å². The first kappa shape index (κ1) is 18.9. The minimum atomic E-state index is -4.32. The smallest absolute Gasteiger partial charge is 0.335 e. The van der Waals surface area contributed by atoms with Crippen LogP contribution in [-0.2, 0) is 11.0 Å². The van der Waals surface area contributed by atoms with E-state index in [0.29, 0.717) is 0 Å². The Balaban J connectivity index is 2.13. The number of nitrogens with one attached hydrogen (secondary N) is 1. The quantitative estimate of drug-likeness (QED) is 0.557. The van der Waals surface area contributed by atoms with Crippen molar-refractivity contribution >= 4 is 19.5 Å². The van der Waals surface area contributed by atoms with E-state index in [0.717, 1.165) is 5.56 Å². The summed E-state index contributed by atoms with van der Waals surface area (Å²) in [5, 5.41) is 11.5. The van der Waals surface area contributed by atoms with Gasteiger partial charge in [0.2, 0.25) is 0 Å². The number of carbonyl (C=O) groups excluding carboxylic acids is 1. The van der Waals surface area contributed by atoms with Gasteiger partial charge in [-0.1, -0.05) is 30.3 Å². The van der Waals surface area contributed by atoms with E-state index in [1.807, 2.05) is 6.07 Å². The molecule has 132 valence electrons. The fourth-order valence-electron chi connectivity index (χ4n) is 2.38. The summed E-state index contributed by atoms with van der Waals surface area (Å²) in [7, 11) is -4.32. The minimum absolute atomic E-state index is 0.0487. The summed E-state index contributed by atoms with van der Waals surface area (Å²) in [6, 6.07) is 13.6. The van der Waals surface area contributed by atoms with Crippen LogP contribution in [0.15, 0.2) is 54.6 Å². The summed E-state index contributed by atoms with van der Waals surface area (Å²) >= 11 is 0. The van der Waals surface area contributed by atoms with Crippen molar-refractivity contribution in [1.29, 1.82) is 0 Å². The lowest BCUT2D eigenvalue weighted by atomic mass is 10.1. The van der Waals surface area contributed by atoms with Crippen LogP contribution >= 0.6 is 7.60 Å². The van der Waals surface area contributed by atoms with Crippen LogP contribution in [0.4, 0.5) is 0 Å². The maximum absolute atomic E-state index is 12.3.